The van der Waals surface area contributed by atoms with Crippen LogP contribution in [0.25, 0.3) is 0 Å². The summed E-state index contributed by atoms with van der Waals surface area (Å²) in [5.74, 6) is -0.742. The SMILES string of the molecule is CC1NCCN(C(=O)CNC(=O)Cc2cccc(F)c2)C1C.Cl. The summed E-state index contributed by atoms with van der Waals surface area (Å²) in [5, 5.41) is 5.91. The minimum absolute atomic E-state index is 0. The van der Waals surface area contributed by atoms with Crippen LogP contribution in [0.4, 0.5) is 4.39 Å². The zero-order chi connectivity index (χ0) is 16.1. The molecule has 0 spiro atoms. The Bertz CT molecular complexity index is 556. The Balaban J connectivity index is 0.00000264. The Labute approximate surface area is 142 Å². The summed E-state index contributed by atoms with van der Waals surface area (Å²) in [4.78, 5) is 25.8. The van der Waals surface area contributed by atoms with Crippen molar-refractivity contribution in [3.05, 3.63) is 35.6 Å². The molecule has 1 aliphatic rings. The monoisotopic (exact) mass is 343 g/mol. The second-order valence-electron chi connectivity index (χ2n) is 5.65. The summed E-state index contributed by atoms with van der Waals surface area (Å²) >= 11 is 0. The van der Waals surface area contributed by atoms with Crippen LogP contribution in [0.2, 0.25) is 0 Å². The minimum Gasteiger partial charge on any atom is -0.347 e. The van der Waals surface area contributed by atoms with Crippen LogP contribution < -0.4 is 10.6 Å². The highest BCUT2D eigenvalue weighted by Crippen LogP contribution is 2.09. The van der Waals surface area contributed by atoms with E-state index in [4.69, 9.17) is 0 Å². The molecule has 1 heterocycles. The second-order valence-corrected chi connectivity index (χ2v) is 5.65. The molecule has 0 aliphatic carbocycles. The molecule has 1 aromatic rings. The van der Waals surface area contributed by atoms with Crippen molar-refractivity contribution >= 4 is 24.2 Å². The first-order chi connectivity index (χ1) is 10.5. The number of hydrogen-bond acceptors (Lipinski definition) is 3. The molecular formula is C16H23ClFN3O2. The number of carbonyl (C=O) groups is 2. The average Bonchev–Trinajstić information content (AvgIpc) is 2.47. The van der Waals surface area contributed by atoms with Crippen molar-refractivity contribution in [1.29, 1.82) is 0 Å². The molecule has 1 aliphatic heterocycles. The van der Waals surface area contributed by atoms with Gasteiger partial charge in [0.05, 0.1) is 13.0 Å². The third-order valence-electron chi connectivity index (χ3n) is 4.05. The predicted molar refractivity (Wildman–Crippen MR) is 89.0 cm³/mol. The van der Waals surface area contributed by atoms with Crippen molar-refractivity contribution in [2.75, 3.05) is 19.6 Å². The Morgan fingerprint density at radius 3 is 2.83 bits per heavy atom. The summed E-state index contributed by atoms with van der Waals surface area (Å²) < 4.78 is 13.1. The van der Waals surface area contributed by atoms with Gasteiger partial charge in [-0.15, -0.1) is 12.4 Å². The van der Waals surface area contributed by atoms with Crippen LogP contribution in [-0.2, 0) is 16.0 Å². The number of rotatable bonds is 4. The predicted octanol–water partition coefficient (Wildman–Crippen LogP) is 1.12. The number of hydrogen-bond donors (Lipinski definition) is 2. The lowest BCUT2D eigenvalue weighted by Gasteiger charge is -2.38. The van der Waals surface area contributed by atoms with Gasteiger partial charge in [0.1, 0.15) is 5.82 Å². The van der Waals surface area contributed by atoms with E-state index in [1.54, 1.807) is 17.0 Å². The maximum absolute atomic E-state index is 13.1. The maximum Gasteiger partial charge on any atom is 0.242 e. The quantitative estimate of drug-likeness (QED) is 0.861. The molecule has 0 bridgehead atoms. The number of carbonyl (C=O) groups excluding carboxylic acids is 2. The molecule has 0 saturated carbocycles. The number of nitrogens with one attached hydrogen (secondary N) is 2. The van der Waals surface area contributed by atoms with Crippen LogP contribution in [0, 0.1) is 5.82 Å². The van der Waals surface area contributed by atoms with Crippen LogP contribution in [0.5, 0.6) is 0 Å². The van der Waals surface area contributed by atoms with Gasteiger partial charge < -0.3 is 15.5 Å². The van der Waals surface area contributed by atoms with Gasteiger partial charge in [-0.25, -0.2) is 4.39 Å². The van der Waals surface area contributed by atoms with E-state index in [0.717, 1.165) is 6.54 Å². The zero-order valence-electron chi connectivity index (χ0n) is 13.3. The first-order valence-corrected chi connectivity index (χ1v) is 7.51. The Hall–Kier alpha value is -1.66. The van der Waals surface area contributed by atoms with E-state index in [0.29, 0.717) is 12.1 Å². The van der Waals surface area contributed by atoms with Crippen molar-refractivity contribution in [1.82, 2.24) is 15.5 Å². The van der Waals surface area contributed by atoms with Crippen molar-refractivity contribution in [3.63, 3.8) is 0 Å². The van der Waals surface area contributed by atoms with E-state index in [9.17, 15) is 14.0 Å². The fourth-order valence-corrected chi connectivity index (χ4v) is 2.58. The van der Waals surface area contributed by atoms with Gasteiger partial charge in [-0.05, 0) is 31.5 Å². The normalized spacial score (nSPS) is 20.6. The number of halogens is 2. The smallest absolute Gasteiger partial charge is 0.242 e. The van der Waals surface area contributed by atoms with Crippen LogP contribution in [0.1, 0.15) is 19.4 Å². The molecule has 1 fully saturated rings. The minimum atomic E-state index is -0.370. The summed E-state index contributed by atoms with van der Waals surface area (Å²) in [7, 11) is 0. The standard InChI is InChI=1S/C16H22FN3O2.ClH/c1-11-12(2)20(7-6-18-11)16(22)10-19-15(21)9-13-4-3-5-14(17)8-13;/h3-5,8,11-12,18H,6-7,9-10H2,1-2H3,(H,19,21);1H. The van der Waals surface area contributed by atoms with Gasteiger partial charge in [0, 0.05) is 25.2 Å². The van der Waals surface area contributed by atoms with Crippen molar-refractivity contribution in [2.24, 2.45) is 0 Å². The molecule has 1 aromatic carbocycles. The third kappa shape index (κ3) is 5.48. The molecule has 2 N–H and O–H groups in total. The van der Waals surface area contributed by atoms with Gasteiger partial charge in [-0.1, -0.05) is 12.1 Å². The molecule has 2 atom stereocenters. The van der Waals surface area contributed by atoms with E-state index >= 15 is 0 Å². The van der Waals surface area contributed by atoms with Crippen molar-refractivity contribution in [2.45, 2.75) is 32.4 Å². The molecule has 0 aromatic heterocycles. The fraction of sp³-hybridized carbons (Fsp3) is 0.500. The zero-order valence-corrected chi connectivity index (χ0v) is 14.2. The molecule has 2 unspecified atom stereocenters. The highest BCUT2D eigenvalue weighted by Gasteiger charge is 2.27. The van der Waals surface area contributed by atoms with E-state index in [-0.39, 0.29) is 55.1 Å². The van der Waals surface area contributed by atoms with Crippen molar-refractivity contribution < 1.29 is 14.0 Å². The lowest BCUT2D eigenvalue weighted by Crippen LogP contribution is -2.58. The second kappa shape index (κ2) is 8.84. The molecule has 2 rings (SSSR count). The highest BCUT2D eigenvalue weighted by molar-refractivity contribution is 5.86. The highest BCUT2D eigenvalue weighted by atomic mass is 35.5. The van der Waals surface area contributed by atoms with E-state index in [1.165, 1.54) is 12.1 Å². The molecule has 7 heteroatoms. The molecular weight excluding hydrogens is 321 g/mol. The number of nitrogens with zero attached hydrogens (tertiary/aromatic N) is 1. The number of piperazine rings is 1. The Morgan fingerprint density at radius 2 is 2.13 bits per heavy atom. The lowest BCUT2D eigenvalue weighted by molar-refractivity contribution is -0.135. The average molecular weight is 344 g/mol. The number of amides is 2. The van der Waals surface area contributed by atoms with Gasteiger partial charge in [0.15, 0.2) is 0 Å². The summed E-state index contributed by atoms with van der Waals surface area (Å²) in [6.45, 7) is 5.40. The van der Waals surface area contributed by atoms with Crippen LogP contribution >= 0.6 is 12.4 Å². The molecule has 0 radical (unpaired) electrons. The lowest BCUT2D eigenvalue weighted by atomic mass is 10.1. The van der Waals surface area contributed by atoms with Gasteiger partial charge in [-0.3, -0.25) is 9.59 Å². The van der Waals surface area contributed by atoms with Gasteiger partial charge in [0.2, 0.25) is 11.8 Å². The van der Waals surface area contributed by atoms with Crippen LogP contribution in [0.3, 0.4) is 0 Å². The van der Waals surface area contributed by atoms with Crippen LogP contribution in [-0.4, -0.2) is 48.4 Å². The molecule has 5 nitrogen and oxygen atoms in total. The molecule has 128 valence electrons. The molecule has 1 saturated heterocycles. The third-order valence-corrected chi connectivity index (χ3v) is 4.05. The number of benzene rings is 1. The first-order valence-electron chi connectivity index (χ1n) is 7.51. The Kier molecular flexibility index (Phi) is 7.45. The topological polar surface area (TPSA) is 61.4 Å². The summed E-state index contributed by atoms with van der Waals surface area (Å²) in [6, 6.07) is 6.23. The van der Waals surface area contributed by atoms with Gasteiger partial charge in [0.25, 0.3) is 0 Å². The van der Waals surface area contributed by atoms with E-state index in [2.05, 4.69) is 10.6 Å². The summed E-state index contributed by atoms with van der Waals surface area (Å²) in [6.07, 6.45) is 0.0680. The largest absolute Gasteiger partial charge is 0.347 e. The van der Waals surface area contributed by atoms with Gasteiger partial charge in [-0.2, -0.15) is 0 Å². The fourth-order valence-electron chi connectivity index (χ4n) is 2.58. The van der Waals surface area contributed by atoms with Gasteiger partial charge >= 0.3 is 0 Å². The van der Waals surface area contributed by atoms with Crippen molar-refractivity contribution in [3.8, 4) is 0 Å². The Morgan fingerprint density at radius 1 is 1.39 bits per heavy atom. The summed E-state index contributed by atoms with van der Waals surface area (Å²) in [5.41, 5.74) is 0.592. The molecule has 2 amide bonds. The maximum atomic E-state index is 13.1. The van der Waals surface area contributed by atoms with E-state index < -0.39 is 0 Å². The molecule has 23 heavy (non-hydrogen) atoms. The van der Waals surface area contributed by atoms with E-state index in [1.807, 2.05) is 13.8 Å². The first kappa shape index (κ1) is 19.4. The van der Waals surface area contributed by atoms with Crippen LogP contribution in [0.15, 0.2) is 24.3 Å².